The highest BCUT2D eigenvalue weighted by atomic mass is 79.9. The van der Waals surface area contributed by atoms with Gasteiger partial charge in [0.15, 0.2) is 5.69 Å². The van der Waals surface area contributed by atoms with Gasteiger partial charge in [0.1, 0.15) is 10.0 Å². The summed E-state index contributed by atoms with van der Waals surface area (Å²) in [7, 11) is -3.56. The molecule has 0 N–H and O–H groups in total. The molecule has 152 valence electrons. The van der Waals surface area contributed by atoms with Gasteiger partial charge in [-0.2, -0.15) is 9.40 Å². The van der Waals surface area contributed by atoms with Gasteiger partial charge in [0.2, 0.25) is 0 Å². The molecule has 1 saturated heterocycles. The summed E-state index contributed by atoms with van der Waals surface area (Å²) in [5, 5.41) is 4.24. The Bertz CT molecular complexity index is 1150. The van der Waals surface area contributed by atoms with Crippen molar-refractivity contribution in [2.45, 2.75) is 4.21 Å². The number of hydrogen-bond donors (Lipinski definition) is 0. The Morgan fingerprint density at radius 1 is 1.10 bits per heavy atom. The van der Waals surface area contributed by atoms with Crippen molar-refractivity contribution in [1.29, 1.82) is 0 Å². The molecule has 1 fully saturated rings. The molecule has 11 heteroatoms. The number of piperazine rings is 1. The number of benzene rings is 1. The van der Waals surface area contributed by atoms with Gasteiger partial charge >= 0.3 is 0 Å². The number of amides is 1. The lowest BCUT2D eigenvalue weighted by Gasteiger charge is -2.33. The predicted octanol–water partition coefficient (Wildman–Crippen LogP) is 2.98. The van der Waals surface area contributed by atoms with Gasteiger partial charge in [-0.05, 0) is 52.3 Å². The molecule has 0 unspecified atom stereocenters. The monoisotopic (exact) mass is 498 g/mol. The first-order chi connectivity index (χ1) is 13.8. The van der Waals surface area contributed by atoms with Gasteiger partial charge in [-0.1, -0.05) is 6.07 Å². The van der Waals surface area contributed by atoms with Crippen LogP contribution in [0, 0.1) is 5.82 Å². The Hall–Kier alpha value is -2.08. The van der Waals surface area contributed by atoms with E-state index < -0.39 is 10.0 Å². The van der Waals surface area contributed by atoms with Crippen molar-refractivity contribution < 1.29 is 17.6 Å². The van der Waals surface area contributed by atoms with E-state index >= 15 is 0 Å². The van der Waals surface area contributed by atoms with Gasteiger partial charge in [0.25, 0.3) is 15.9 Å². The Morgan fingerprint density at radius 3 is 2.52 bits per heavy atom. The zero-order valence-electron chi connectivity index (χ0n) is 15.0. The van der Waals surface area contributed by atoms with Gasteiger partial charge in [0.05, 0.1) is 9.47 Å². The van der Waals surface area contributed by atoms with Crippen LogP contribution in [-0.4, -0.2) is 59.5 Å². The highest BCUT2D eigenvalue weighted by Crippen LogP contribution is 2.29. The van der Waals surface area contributed by atoms with E-state index in [2.05, 4.69) is 21.0 Å². The first-order valence-electron chi connectivity index (χ1n) is 8.71. The van der Waals surface area contributed by atoms with Crippen molar-refractivity contribution >= 4 is 43.2 Å². The molecule has 2 aromatic heterocycles. The van der Waals surface area contributed by atoms with Gasteiger partial charge in [-0.15, -0.1) is 11.3 Å². The van der Waals surface area contributed by atoms with E-state index in [-0.39, 0.29) is 47.8 Å². The fraction of sp³-hybridized carbons (Fsp3) is 0.222. The number of halogens is 2. The summed E-state index contributed by atoms with van der Waals surface area (Å²) >= 11 is 4.44. The van der Waals surface area contributed by atoms with Crippen LogP contribution < -0.4 is 0 Å². The van der Waals surface area contributed by atoms with E-state index in [0.29, 0.717) is 5.69 Å². The third-order valence-corrected chi connectivity index (χ3v) is 8.54. The number of rotatable bonds is 4. The van der Waals surface area contributed by atoms with Gasteiger partial charge in [-0.25, -0.2) is 17.5 Å². The lowest BCUT2D eigenvalue weighted by molar-refractivity contribution is 0.0691. The molecular weight excluding hydrogens is 483 g/mol. The Labute approximate surface area is 179 Å². The lowest BCUT2D eigenvalue weighted by atomic mass is 10.3. The van der Waals surface area contributed by atoms with Crippen LogP contribution in [0.2, 0.25) is 0 Å². The van der Waals surface area contributed by atoms with E-state index in [1.54, 1.807) is 41.4 Å². The normalized spacial score (nSPS) is 15.6. The summed E-state index contributed by atoms with van der Waals surface area (Å²) in [5.41, 5.74) is 0.745. The summed E-state index contributed by atoms with van der Waals surface area (Å²) in [6.07, 6.45) is 1.59. The average molecular weight is 499 g/mol. The third kappa shape index (κ3) is 4.13. The van der Waals surface area contributed by atoms with Crippen molar-refractivity contribution in [3.8, 4) is 5.69 Å². The average Bonchev–Trinajstić information content (AvgIpc) is 3.37. The van der Waals surface area contributed by atoms with Gasteiger partial charge < -0.3 is 4.90 Å². The van der Waals surface area contributed by atoms with E-state index in [1.165, 1.54) is 21.1 Å². The molecule has 29 heavy (non-hydrogen) atoms. The number of thiophene rings is 1. The molecule has 0 atom stereocenters. The summed E-state index contributed by atoms with van der Waals surface area (Å²) in [6, 6.07) is 10.8. The second-order valence-corrected chi connectivity index (χ2v) is 11.0. The Kier molecular flexibility index (Phi) is 5.56. The fourth-order valence-corrected chi connectivity index (χ4v) is 6.64. The molecule has 7 nitrogen and oxygen atoms in total. The number of carbonyl (C=O) groups is 1. The van der Waals surface area contributed by atoms with Crippen LogP contribution in [0.1, 0.15) is 10.5 Å². The molecule has 1 amide bonds. The SMILES string of the molecule is O=C(c1ccn(-c2cccc(F)c2)n1)N1CCN(S(=O)(=O)c2ccc(Br)s2)CC1. The number of hydrogen-bond acceptors (Lipinski definition) is 5. The smallest absolute Gasteiger partial charge is 0.274 e. The molecule has 0 spiro atoms. The molecule has 3 heterocycles. The maximum absolute atomic E-state index is 13.4. The second kappa shape index (κ2) is 7.98. The van der Waals surface area contributed by atoms with Gasteiger partial charge in [0, 0.05) is 32.4 Å². The van der Waals surface area contributed by atoms with Crippen molar-refractivity contribution in [2.75, 3.05) is 26.2 Å². The topological polar surface area (TPSA) is 75.5 Å². The van der Waals surface area contributed by atoms with Crippen LogP contribution in [0.5, 0.6) is 0 Å². The van der Waals surface area contributed by atoms with Crippen molar-refractivity contribution in [3.05, 3.63) is 64.0 Å². The molecular formula is C18H16BrFN4O3S2. The third-order valence-electron chi connectivity index (χ3n) is 4.55. The number of sulfonamides is 1. The molecule has 0 aliphatic carbocycles. The zero-order valence-corrected chi connectivity index (χ0v) is 18.3. The lowest BCUT2D eigenvalue weighted by Crippen LogP contribution is -2.50. The summed E-state index contributed by atoms with van der Waals surface area (Å²) in [5.74, 6) is -0.669. The molecule has 0 bridgehead atoms. The van der Waals surface area contributed by atoms with Crippen LogP contribution in [0.25, 0.3) is 5.69 Å². The minimum Gasteiger partial charge on any atom is -0.335 e. The highest BCUT2D eigenvalue weighted by molar-refractivity contribution is 9.11. The van der Waals surface area contributed by atoms with Crippen LogP contribution in [0.4, 0.5) is 4.39 Å². The molecule has 1 aromatic carbocycles. The first-order valence-corrected chi connectivity index (χ1v) is 11.8. The minimum atomic E-state index is -3.56. The highest BCUT2D eigenvalue weighted by Gasteiger charge is 2.31. The number of aromatic nitrogens is 2. The molecule has 1 aliphatic rings. The van der Waals surface area contributed by atoms with E-state index in [4.69, 9.17) is 0 Å². The zero-order chi connectivity index (χ0) is 20.6. The summed E-state index contributed by atoms with van der Waals surface area (Å²) in [6.45, 7) is 0.983. The van der Waals surface area contributed by atoms with Gasteiger partial charge in [-0.3, -0.25) is 4.79 Å². The molecule has 0 radical (unpaired) electrons. The molecule has 1 aliphatic heterocycles. The van der Waals surface area contributed by atoms with Crippen LogP contribution in [0.15, 0.2) is 56.7 Å². The minimum absolute atomic E-state index is 0.216. The predicted molar refractivity (Wildman–Crippen MR) is 110 cm³/mol. The van der Waals surface area contributed by atoms with E-state index in [1.807, 2.05) is 0 Å². The van der Waals surface area contributed by atoms with Crippen LogP contribution >= 0.6 is 27.3 Å². The van der Waals surface area contributed by atoms with Crippen LogP contribution in [-0.2, 0) is 10.0 Å². The van der Waals surface area contributed by atoms with Crippen molar-refractivity contribution in [3.63, 3.8) is 0 Å². The van der Waals surface area contributed by atoms with Crippen LogP contribution in [0.3, 0.4) is 0 Å². The van der Waals surface area contributed by atoms with Crippen molar-refractivity contribution in [1.82, 2.24) is 19.0 Å². The summed E-state index contributed by atoms with van der Waals surface area (Å²) < 4.78 is 42.6. The summed E-state index contributed by atoms with van der Waals surface area (Å²) in [4.78, 5) is 14.3. The largest absolute Gasteiger partial charge is 0.335 e. The fourth-order valence-electron chi connectivity index (χ4n) is 3.06. The molecule has 0 saturated carbocycles. The van der Waals surface area contributed by atoms with E-state index in [9.17, 15) is 17.6 Å². The molecule has 4 rings (SSSR count). The maximum atomic E-state index is 13.4. The van der Waals surface area contributed by atoms with Crippen molar-refractivity contribution in [2.24, 2.45) is 0 Å². The quantitative estimate of drug-likeness (QED) is 0.554. The Morgan fingerprint density at radius 2 is 1.86 bits per heavy atom. The Balaban J connectivity index is 1.43. The number of nitrogens with zero attached hydrogens (tertiary/aromatic N) is 4. The number of carbonyl (C=O) groups excluding carboxylic acids is 1. The van der Waals surface area contributed by atoms with E-state index in [0.717, 1.165) is 15.1 Å². The second-order valence-electron chi connectivity index (χ2n) is 6.38. The maximum Gasteiger partial charge on any atom is 0.274 e. The standard InChI is InChI=1S/C18H16BrFN4O3S2/c19-16-4-5-17(28-16)29(26,27)23-10-8-22(9-11-23)18(25)15-6-7-24(21-15)14-3-1-2-13(20)12-14/h1-7,12H,8-11H2. The molecule has 3 aromatic rings. The first kappa shape index (κ1) is 20.2.